The van der Waals surface area contributed by atoms with Gasteiger partial charge in [-0.05, 0) is 18.6 Å². The van der Waals surface area contributed by atoms with Crippen LogP contribution in [0, 0.1) is 0 Å². The molecule has 1 unspecified atom stereocenters. The van der Waals surface area contributed by atoms with Crippen LogP contribution in [0.1, 0.15) is 29.3 Å². The first-order valence-electron chi connectivity index (χ1n) is 7.25. The predicted octanol–water partition coefficient (Wildman–Crippen LogP) is 4.34. The van der Waals surface area contributed by atoms with E-state index in [-0.39, 0.29) is 12.2 Å². The number of halogens is 1. The lowest BCUT2D eigenvalue weighted by Gasteiger charge is -2.36. The Kier molecular flexibility index (Phi) is 5.35. The van der Waals surface area contributed by atoms with Crippen molar-refractivity contribution < 1.29 is 9.59 Å². The molecule has 0 spiro atoms. The number of carbonyl (C=O) groups is 2. The van der Waals surface area contributed by atoms with Gasteiger partial charge in [0.1, 0.15) is 0 Å². The van der Waals surface area contributed by atoms with E-state index in [4.69, 9.17) is 11.8 Å². The molecule has 0 saturated heterocycles. The number of rotatable bonds is 6. The fraction of sp³-hybridized carbons (Fsp3) is 0.158. The highest BCUT2D eigenvalue weighted by molar-refractivity contribution is 6.23. The SMILES string of the molecule is C=CC(=O)N(Cl)C(C)(CC(=O)c1ccccc1)c1ccccc1. The van der Waals surface area contributed by atoms with Gasteiger partial charge in [0.15, 0.2) is 5.78 Å². The molecule has 118 valence electrons. The van der Waals surface area contributed by atoms with Crippen LogP contribution in [0.5, 0.6) is 0 Å². The first-order valence-corrected chi connectivity index (χ1v) is 7.59. The molecule has 1 amide bonds. The van der Waals surface area contributed by atoms with E-state index in [1.54, 1.807) is 31.2 Å². The summed E-state index contributed by atoms with van der Waals surface area (Å²) >= 11 is 6.27. The van der Waals surface area contributed by atoms with Gasteiger partial charge >= 0.3 is 0 Å². The molecule has 4 heteroatoms. The van der Waals surface area contributed by atoms with Gasteiger partial charge in [-0.2, -0.15) is 0 Å². The van der Waals surface area contributed by atoms with Crippen molar-refractivity contribution in [2.24, 2.45) is 0 Å². The van der Waals surface area contributed by atoms with E-state index in [1.807, 2.05) is 36.4 Å². The van der Waals surface area contributed by atoms with Crippen LogP contribution >= 0.6 is 11.8 Å². The third-order valence-corrected chi connectivity index (χ3v) is 4.34. The van der Waals surface area contributed by atoms with Crippen molar-refractivity contribution in [2.45, 2.75) is 18.9 Å². The molecule has 2 aromatic carbocycles. The number of nitrogens with zero attached hydrogens (tertiary/aromatic N) is 1. The highest BCUT2D eigenvalue weighted by Crippen LogP contribution is 2.35. The van der Waals surface area contributed by atoms with E-state index >= 15 is 0 Å². The molecule has 0 heterocycles. The summed E-state index contributed by atoms with van der Waals surface area (Å²) in [4.78, 5) is 24.6. The summed E-state index contributed by atoms with van der Waals surface area (Å²) in [5.41, 5.74) is 0.404. The number of hydrogen-bond acceptors (Lipinski definition) is 2. The van der Waals surface area contributed by atoms with Gasteiger partial charge in [-0.1, -0.05) is 67.2 Å². The summed E-state index contributed by atoms with van der Waals surface area (Å²) in [6.45, 7) is 5.24. The second-order valence-electron chi connectivity index (χ2n) is 5.43. The molecule has 0 saturated carbocycles. The molecule has 3 nitrogen and oxygen atoms in total. The number of amides is 1. The standard InChI is InChI=1S/C19H18ClNO2/c1-3-18(23)21(20)19(2,16-12-8-5-9-13-16)14-17(22)15-10-6-4-7-11-15/h3-13H,1,14H2,2H3. The van der Waals surface area contributed by atoms with E-state index in [2.05, 4.69) is 6.58 Å². The zero-order valence-corrected chi connectivity index (χ0v) is 13.7. The Bertz CT molecular complexity index is 700. The van der Waals surface area contributed by atoms with Crippen LogP contribution < -0.4 is 0 Å². The van der Waals surface area contributed by atoms with Crippen molar-refractivity contribution >= 4 is 23.5 Å². The Morgan fingerprint density at radius 2 is 1.61 bits per heavy atom. The van der Waals surface area contributed by atoms with Gasteiger partial charge in [-0.25, -0.2) is 4.42 Å². The number of benzene rings is 2. The molecular weight excluding hydrogens is 310 g/mol. The molecule has 0 N–H and O–H groups in total. The summed E-state index contributed by atoms with van der Waals surface area (Å²) in [6.07, 6.45) is 1.21. The van der Waals surface area contributed by atoms with Gasteiger partial charge in [0.05, 0.1) is 5.54 Å². The molecule has 0 aromatic heterocycles. The van der Waals surface area contributed by atoms with Crippen LogP contribution in [0.25, 0.3) is 0 Å². The molecule has 0 radical (unpaired) electrons. The number of ketones is 1. The highest BCUT2D eigenvalue weighted by atomic mass is 35.5. The van der Waals surface area contributed by atoms with Gasteiger partial charge in [-0.15, -0.1) is 0 Å². The Balaban J connectivity index is 2.40. The third-order valence-electron chi connectivity index (χ3n) is 3.80. The molecule has 2 aromatic rings. The number of carbonyl (C=O) groups excluding carboxylic acids is 2. The molecule has 0 bridgehead atoms. The van der Waals surface area contributed by atoms with E-state index in [9.17, 15) is 9.59 Å². The Morgan fingerprint density at radius 1 is 1.09 bits per heavy atom. The van der Waals surface area contributed by atoms with Crippen molar-refractivity contribution in [3.63, 3.8) is 0 Å². The van der Waals surface area contributed by atoms with Gasteiger partial charge in [-0.3, -0.25) is 9.59 Å². The minimum Gasteiger partial charge on any atom is -0.294 e. The Hall–Kier alpha value is -2.39. The largest absolute Gasteiger partial charge is 0.294 e. The highest BCUT2D eigenvalue weighted by Gasteiger charge is 2.38. The monoisotopic (exact) mass is 327 g/mol. The maximum atomic E-state index is 12.6. The van der Waals surface area contributed by atoms with E-state index in [1.165, 1.54) is 0 Å². The fourth-order valence-electron chi connectivity index (χ4n) is 2.44. The minimum absolute atomic E-state index is 0.0735. The van der Waals surface area contributed by atoms with Crippen molar-refractivity contribution in [1.29, 1.82) is 0 Å². The van der Waals surface area contributed by atoms with Crippen molar-refractivity contribution in [1.82, 2.24) is 4.42 Å². The fourth-order valence-corrected chi connectivity index (χ4v) is 2.67. The van der Waals surface area contributed by atoms with Gasteiger partial charge < -0.3 is 0 Å². The molecule has 0 aliphatic carbocycles. The lowest BCUT2D eigenvalue weighted by atomic mass is 9.85. The zero-order valence-electron chi connectivity index (χ0n) is 12.9. The molecule has 1 atom stereocenters. The van der Waals surface area contributed by atoms with Gasteiger partial charge in [0.25, 0.3) is 5.91 Å². The van der Waals surface area contributed by atoms with Crippen LogP contribution in [0.3, 0.4) is 0 Å². The topological polar surface area (TPSA) is 37.4 Å². The van der Waals surface area contributed by atoms with E-state index in [0.29, 0.717) is 5.56 Å². The maximum Gasteiger partial charge on any atom is 0.261 e. The summed E-state index contributed by atoms with van der Waals surface area (Å²) in [7, 11) is 0. The Labute approximate surface area is 141 Å². The van der Waals surface area contributed by atoms with E-state index < -0.39 is 11.4 Å². The predicted molar refractivity (Wildman–Crippen MR) is 92.1 cm³/mol. The second kappa shape index (κ2) is 7.25. The normalized spacial score (nSPS) is 13.0. The summed E-state index contributed by atoms with van der Waals surface area (Å²) < 4.78 is 1.05. The molecule has 23 heavy (non-hydrogen) atoms. The zero-order chi connectivity index (χ0) is 16.9. The van der Waals surface area contributed by atoms with Gasteiger partial charge in [0, 0.05) is 23.8 Å². The third kappa shape index (κ3) is 3.69. The molecule has 2 rings (SSSR count). The second-order valence-corrected chi connectivity index (χ2v) is 5.77. The van der Waals surface area contributed by atoms with Crippen LogP contribution in [0.4, 0.5) is 0 Å². The number of hydrogen-bond donors (Lipinski definition) is 0. The smallest absolute Gasteiger partial charge is 0.261 e. The quantitative estimate of drug-likeness (QED) is 0.449. The summed E-state index contributed by atoms with van der Waals surface area (Å²) in [5.74, 6) is -0.529. The van der Waals surface area contributed by atoms with Crippen molar-refractivity contribution in [2.75, 3.05) is 0 Å². The van der Waals surface area contributed by atoms with Gasteiger partial charge in [0.2, 0.25) is 0 Å². The first-order chi connectivity index (χ1) is 11.0. The number of Topliss-reactive ketones (excluding diaryl/α,β-unsaturated/α-hetero) is 1. The maximum absolute atomic E-state index is 12.6. The van der Waals surface area contributed by atoms with Crippen molar-refractivity contribution in [3.8, 4) is 0 Å². The average molecular weight is 328 g/mol. The molecular formula is C19H18ClNO2. The molecule has 0 aliphatic heterocycles. The summed E-state index contributed by atoms with van der Waals surface area (Å²) in [6, 6.07) is 18.2. The van der Waals surface area contributed by atoms with Crippen LogP contribution in [0.2, 0.25) is 0 Å². The summed E-state index contributed by atoms with van der Waals surface area (Å²) in [5, 5.41) is 0. The van der Waals surface area contributed by atoms with Crippen LogP contribution in [0.15, 0.2) is 73.3 Å². The van der Waals surface area contributed by atoms with Crippen LogP contribution in [-0.4, -0.2) is 16.1 Å². The molecule has 0 fully saturated rings. The van der Waals surface area contributed by atoms with Crippen molar-refractivity contribution in [3.05, 3.63) is 84.4 Å². The lowest BCUT2D eigenvalue weighted by molar-refractivity contribution is -0.125. The van der Waals surface area contributed by atoms with Crippen LogP contribution in [-0.2, 0) is 10.3 Å². The first kappa shape index (κ1) is 17.0. The minimum atomic E-state index is -0.971. The average Bonchev–Trinajstić information content (AvgIpc) is 2.61. The molecule has 0 aliphatic rings. The lowest BCUT2D eigenvalue weighted by Crippen LogP contribution is -2.42. The van der Waals surface area contributed by atoms with E-state index in [0.717, 1.165) is 16.1 Å². The Morgan fingerprint density at radius 3 is 2.13 bits per heavy atom.